The average Bonchev–Trinajstić information content (AvgIpc) is 2.59. The number of ether oxygens (including phenoxy) is 3. The Kier molecular flexibility index (Phi) is 9.40. The molecule has 0 N–H and O–H groups in total. The number of rotatable bonds is 6. The Morgan fingerprint density at radius 2 is 0.727 bits per heavy atom. The predicted octanol–water partition coefficient (Wildman–Crippen LogP) is 5.75. The van der Waals surface area contributed by atoms with Gasteiger partial charge in [0.05, 0.1) is 0 Å². The molecule has 1 aromatic rings. The predicted molar refractivity (Wildman–Crippen MR) is 131 cm³/mol. The molecule has 6 heteroatoms. The minimum absolute atomic E-state index is 0.469. The average molecular weight is 457 g/mol. The van der Waals surface area contributed by atoms with Crippen LogP contribution in [0.5, 0.6) is 0 Å². The highest BCUT2D eigenvalue weighted by Crippen LogP contribution is 2.17. The molecule has 6 nitrogen and oxygen atoms in total. The maximum absolute atomic E-state index is 12.0. The highest BCUT2D eigenvalue weighted by Gasteiger charge is 2.15. The van der Waals surface area contributed by atoms with Crippen LogP contribution in [0.25, 0.3) is 18.2 Å². The number of hydrogen-bond donors (Lipinski definition) is 0. The topological polar surface area (TPSA) is 78.9 Å². The van der Waals surface area contributed by atoms with E-state index in [4.69, 9.17) is 14.2 Å². The maximum atomic E-state index is 12.0. The number of hydrogen-bond acceptors (Lipinski definition) is 6. The van der Waals surface area contributed by atoms with E-state index in [-0.39, 0.29) is 0 Å². The van der Waals surface area contributed by atoms with Gasteiger partial charge in [-0.25, -0.2) is 14.4 Å². The Labute approximate surface area is 197 Å². The zero-order valence-corrected chi connectivity index (χ0v) is 21.1. The maximum Gasteiger partial charge on any atom is 0.331 e. The first kappa shape index (κ1) is 27.9. The van der Waals surface area contributed by atoms with Gasteiger partial charge in [-0.15, -0.1) is 0 Å². The number of benzene rings is 1. The molecule has 0 spiro atoms. The van der Waals surface area contributed by atoms with Crippen LogP contribution in [0, 0.1) is 0 Å². The Bertz CT molecular complexity index is 808. The fourth-order valence-electron chi connectivity index (χ4n) is 2.49. The fourth-order valence-corrected chi connectivity index (χ4v) is 2.49. The monoisotopic (exact) mass is 456 g/mol. The Hall–Kier alpha value is -3.15. The second kappa shape index (κ2) is 11.1. The van der Waals surface area contributed by atoms with E-state index in [9.17, 15) is 14.4 Å². The summed E-state index contributed by atoms with van der Waals surface area (Å²) in [4.78, 5) is 36.1. The molecule has 33 heavy (non-hydrogen) atoms. The lowest BCUT2D eigenvalue weighted by Gasteiger charge is -2.18. The lowest BCUT2D eigenvalue weighted by molar-refractivity contribution is -0.149. The second-order valence-corrected chi connectivity index (χ2v) is 10.5. The smallest absolute Gasteiger partial charge is 0.331 e. The van der Waals surface area contributed by atoms with Crippen LogP contribution in [0.1, 0.15) is 79.0 Å². The summed E-state index contributed by atoms with van der Waals surface area (Å²) in [6.07, 6.45) is 8.85. The third-order valence-electron chi connectivity index (χ3n) is 3.46. The molecule has 0 aliphatic heterocycles. The Morgan fingerprint density at radius 3 is 0.909 bits per heavy atom. The summed E-state index contributed by atoms with van der Waals surface area (Å²) >= 11 is 0. The molecular formula is C27H36O6. The van der Waals surface area contributed by atoms with Crippen molar-refractivity contribution in [3.05, 3.63) is 53.1 Å². The van der Waals surface area contributed by atoms with Gasteiger partial charge in [0.25, 0.3) is 0 Å². The van der Waals surface area contributed by atoms with Crippen LogP contribution in [-0.2, 0) is 28.6 Å². The molecule has 0 aliphatic carbocycles. The van der Waals surface area contributed by atoms with E-state index in [2.05, 4.69) is 0 Å². The van der Waals surface area contributed by atoms with Crippen molar-refractivity contribution < 1.29 is 28.6 Å². The standard InChI is InChI=1S/C27H36O6/c1-25(2,3)31-22(28)13-10-19-16-20(11-14-23(29)32-26(4,5)6)18-21(17-19)12-15-24(30)33-27(7,8)9/h10-18H,1-9H3/b13-10-,14-11+,15-12?. The zero-order chi connectivity index (χ0) is 25.4. The molecule has 0 fully saturated rings. The Morgan fingerprint density at radius 1 is 0.515 bits per heavy atom. The van der Waals surface area contributed by atoms with E-state index in [1.807, 2.05) is 0 Å². The van der Waals surface area contributed by atoms with Crippen molar-refractivity contribution in [2.24, 2.45) is 0 Å². The summed E-state index contributed by atoms with van der Waals surface area (Å²) < 4.78 is 15.9. The first-order chi connectivity index (χ1) is 14.9. The van der Waals surface area contributed by atoms with Gasteiger partial charge >= 0.3 is 17.9 Å². The molecule has 0 atom stereocenters. The molecule has 0 bridgehead atoms. The molecule has 0 radical (unpaired) electrons. The molecule has 0 saturated carbocycles. The van der Waals surface area contributed by atoms with Crippen LogP contribution in [0.4, 0.5) is 0 Å². The number of carbonyl (C=O) groups excluding carboxylic acids is 3. The third kappa shape index (κ3) is 13.8. The number of esters is 3. The first-order valence-electron chi connectivity index (χ1n) is 10.8. The second-order valence-electron chi connectivity index (χ2n) is 10.5. The van der Waals surface area contributed by atoms with Crippen molar-refractivity contribution in [1.82, 2.24) is 0 Å². The summed E-state index contributed by atoms with van der Waals surface area (Å²) in [7, 11) is 0. The van der Waals surface area contributed by atoms with Gasteiger partial charge in [-0.05, 0) is 115 Å². The largest absolute Gasteiger partial charge is 0.457 e. The molecular weight excluding hydrogens is 420 g/mol. The number of carbonyl (C=O) groups is 3. The van der Waals surface area contributed by atoms with Gasteiger partial charge in [0.1, 0.15) is 16.8 Å². The van der Waals surface area contributed by atoms with Crippen molar-refractivity contribution in [3.63, 3.8) is 0 Å². The van der Waals surface area contributed by atoms with Crippen LogP contribution in [0.2, 0.25) is 0 Å². The highest BCUT2D eigenvalue weighted by atomic mass is 16.6. The molecule has 0 heterocycles. The van der Waals surface area contributed by atoms with Crippen molar-refractivity contribution in [2.75, 3.05) is 0 Å². The van der Waals surface area contributed by atoms with Gasteiger partial charge in [-0.2, -0.15) is 0 Å². The van der Waals surface area contributed by atoms with Crippen LogP contribution < -0.4 is 0 Å². The van der Waals surface area contributed by atoms with Crippen molar-refractivity contribution in [2.45, 2.75) is 79.1 Å². The summed E-state index contributed by atoms with van der Waals surface area (Å²) in [6.45, 7) is 16.1. The van der Waals surface area contributed by atoms with Crippen LogP contribution >= 0.6 is 0 Å². The van der Waals surface area contributed by atoms with E-state index in [1.165, 1.54) is 18.2 Å². The summed E-state index contributed by atoms with van der Waals surface area (Å²) in [5.74, 6) is -1.41. The van der Waals surface area contributed by atoms with Gasteiger partial charge < -0.3 is 14.2 Å². The zero-order valence-electron chi connectivity index (χ0n) is 21.1. The molecule has 0 amide bonds. The van der Waals surface area contributed by atoms with E-state index in [0.29, 0.717) is 16.7 Å². The molecule has 0 saturated heterocycles. The van der Waals surface area contributed by atoms with E-state index < -0.39 is 34.7 Å². The third-order valence-corrected chi connectivity index (χ3v) is 3.46. The van der Waals surface area contributed by atoms with Gasteiger partial charge in [0.15, 0.2) is 0 Å². The van der Waals surface area contributed by atoms with Crippen LogP contribution in [-0.4, -0.2) is 34.7 Å². The quantitative estimate of drug-likeness (QED) is 0.308. The fraction of sp³-hybridized carbons (Fsp3) is 0.444. The molecule has 1 aromatic carbocycles. The molecule has 1 rings (SSSR count). The van der Waals surface area contributed by atoms with Gasteiger partial charge in [0.2, 0.25) is 0 Å². The summed E-state index contributed by atoms with van der Waals surface area (Å²) in [5, 5.41) is 0. The van der Waals surface area contributed by atoms with E-state index in [1.54, 1.807) is 98.7 Å². The summed E-state index contributed by atoms with van der Waals surface area (Å²) in [6, 6.07) is 5.39. The van der Waals surface area contributed by atoms with Gasteiger partial charge in [0, 0.05) is 18.2 Å². The van der Waals surface area contributed by atoms with Crippen molar-refractivity contribution in [3.8, 4) is 0 Å². The van der Waals surface area contributed by atoms with Crippen LogP contribution in [0.3, 0.4) is 0 Å². The van der Waals surface area contributed by atoms with E-state index >= 15 is 0 Å². The minimum atomic E-state index is -0.596. The Balaban J connectivity index is 3.20. The molecule has 180 valence electrons. The highest BCUT2D eigenvalue weighted by molar-refractivity contribution is 5.90. The van der Waals surface area contributed by atoms with Crippen molar-refractivity contribution >= 4 is 36.1 Å². The summed E-state index contributed by atoms with van der Waals surface area (Å²) in [5.41, 5.74) is 0.283. The van der Waals surface area contributed by atoms with Gasteiger partial charge in [-0.3, -0.25) is 0 Å². The van der Waals surface area contributed by atoms with E-state index in [0.717, 1.165) is 0 Å². The first-order valence-corrected chi connectivity index (χ1v) is 10.8. The molecule has 0 unspecified atom stereocenters. The van der Waals surface area contributed by atoms with Crippen molar-refractivity contribution in [1.29, 1.82) is 0 Å². The lowest BCUT2D eigenvalue weighted by Crippen LogP contribution is -2.22. The normalized spacial score (nSPS) is 13.0. The molecule has 0 aromatic heterocycles. The van der Waals surface area contributed by atoms with Crippen LogP contribution in [0.15, 0.2) is 36.4 Å². The SMILES string of the molecule is CC(C)(C)OC(=O)C=Cc1cc(/C=C\C(=O)OC(C)(C)C)cc(/C=C/C(=O)OC(C)(C)C)c1. The lowest BCUT2D eigenvalue weighted by atomic mass is 10.0. The minimum Gasteiger partial charge on any atom is -0.457 e. The van der Waals surface area contributed by atoms with Gasteiger partial charge in [-0.1, -0.05) is 0 Å². The molecule has 0 aliphatic rings.